The molecular formula is C26H34ClN5O5. The molecular weight excluding hydrogens is 498 g/mol. The van der Waals surface area contributed by atoms with Crippen molar-refractivity contribution in [2.45, 2.75) is 52.0 Å². The van der Waals surface area contributed by atoms with Gasteiger partial charge in [0.1, 0.15) is 0 Å². The Kier molecular flexibility index (Phi) is 7.41. The van der Waals surface area contributed by atoms with E-state index in [9.17, 15) is 24.3 Å². The molecule has 3 aliphatic rings. The minimum atomic E-state index is -0.860. The third kappa shape index (κ3) is 4.99. The zero-order valence-corrected chi connectivity index (χ0v) is 22.1. The number of rotatable bonds is 3. The lowest BCUT2D eigenvalue weighted by Crippen LogP contribution is -2.50. The normalized spacial score (nSPS) is 19.8. The number of carbonyl (C=O) groups excluding carboxylic acids is 3. The smallest absolute Gasteiger partial charge is 0.407 e. The maximum Gasteiger partial charge on any atom is 0.407 e. The quantitative estimate of drug-likeness (QED) is 0.619. The summed E-state index contributed by atoms with van der Waals surface area (Å²) in [5, 5.41) is 12.5. The van der Waals surface area contributed by atoms with Crippen LogP contribution in [0.15, 0.2) is 24.4 Å². The number of piperidine rings is 2. The molecule has 0 atom stereocenters. The summed E-state index contributed by atoms with van der Waals surface area (Å²) in [5.41, 5.74) is 2.14. The summed E-state index contributed by atoms with van der Waals surface area (Å²) in [6.45, 7) is 6.77. The first kappa shape index (κ1) is 26.8. The largest absolute Gasteiger partial charge is 0.465 e. The Bertz CT molecular complexity index is 1220. The number of urea groups is 1. The van der Waals surface area contributed by atoms with Crippen molar-refractivity contribution in [2.75, 3.05) is 37.6 Å². The molecule has 1 aromatic heterocycles. The fourth-order valence-electron chi connectivity index (χ4n) is 5.87. The van der Waals surface area contributed by atoms with Gasteiger partial charge in [0, 0.05) is 62.3 Å². The van der Waals surface area contributed by atoms with Crippen molar-refractivity contribution in [3.63, 3.8) is 0 Å². The van der Waals surface area contributed by atoms with Crippen molar-refractivity contribution in [1.29, 1.82) is 0 Å². The summed E-state index contributed by atoms with van der Waals surface area (Å²) in [4.78, 5) is 54.2. The molecule has 1 spiro atoms. The van der Waals surface area contributed by atoms with Gasteiger partial charge in [0.15, 0.2) is 0 Å². The standard InChI is InChI=1S/C26H33N5O5.ClH/c1-17(2)30-9-3-19-20(30)15-18(16-21(19)31-10-4-22(32)27-24(31)34)23(33)28-11-5-26(6-12-28)7-13-29(14-8-26)25(35)36;/h3,9,15-17H,4-8,10-14H2,1-2H3,(H,35,36)(H,27,32,34);1H. The molecule has 37 heavy (non-hydrogen) atoms. The first-order valence-electron chi connectivity index (χ1n) is 12.7. The van der Waals surface area contributed by atoms with E-state index < -0.39 is 12.1 Å². The fraction of sp³-hybridized carbons (Fsp3) is 0.538. The second-order valence-electron chi connectivity index (χ2n) is 10.6. The van der Waals surface area contributed by atoms with Crippen LogP contribution in [0.3, 0.4) is 0 Å². The van der Waals surface area contributed by atoms with Crippen LogP contribution in [0.5, 0.6) is 0 Å². The molecule has 10 nitrogen and oxygen atoms in total. The second-order valence-corrected chi connectivity index (χ2v) is 10.6. The molecule has 5 amide bonds. The molecule has 3 fully saturated rings. The van der Waals surface area contributed by atoms with Crippen molar-refractivity contribution in [1.82, 2.24) is 19.7 Å². The molecule has 200 valence electrons. The number of nitrogens with zero attached hydrogens (tertiary/aromatic N) is 4. The van der Waals surface area contributed by atoms with Crippen LogP contribution < -0.4 is 10.2 Å². The van der Waals surface area contributed by atoms with E-state index in [1.807, 2.05) is 23.2 Å². The van der Waals surface area contributed by atoms with E-state index in [4.69, 9.17) is 0 Å². The summed E-state index contributed by atoms with van der Waals surface area (Å²) in [5.74, 6) is -0.364. The van der Waals surface area contributed by atoms with Gasteiger partial charge in [-0.1, -0.05) is 0 Å². The number of carbonyl (C=O) groups is 4. The third-order valence-corrected chi connectivity index (χ3v) is 8.17. The molecule has 0 unspecified atom stereocenters. The van der Waals surface area contributed by atoms with Gasteiger partial charge in [0.25, 0.3) is 5.91 Å². The number of carboxylic acid groups (broad SMARTS) is 1. The van der Waals surface area contributed by atoms with E-state index in [-0.39, 0.29) is 48.6 Å². The minimum Gasteiger partial charge on any atom is -0.465 e. The number of aromatic nitrogens is 1. The molecule has 4 heterocycles. The Morgan fingerprint density at radius 3 is 2.16 bits per heavy atom. The number of imide groups is 1. The predicted molar refractivity (Wildman–Crippen MR) is 141 cm³/mol. The highest BCUT2D eigenvalue weighted by Gasteiger charge is 2.40. The first-order chi connectivity index (χ1) is 17.2. The molecule has 2 N–H and O–H groups in total. The number of fused-ring (bicyclic) bond motifs is 1. The zero-order valence-electron chi connectivity index (χ0n) is 21.2. The van der Waals surface area contributed by atoms with Gasteiger partial charge in [-0.25, -0.2) is 9.59 Å². The van der Waals surface area contributed by atoms with Crippen molar-refractivity contribution >= 4 is 52.9 Å². The van der Waals surface area contributed by atoms with Gasteiger partial charge in [0.2, 0.25) is 5.91 Å². The molecule has 0 saturated carbocycles. The van der Waals surface area contributed by atoms with E-state index in [0.29, 0.717) is 37.4 Å². The van der Waals surface area contributed by atoms with Gasteiger partial charge in [-0.2, -0.15) is 0 Å². The van der Waals surface area contributed by atoms with Crippen LogP contribution >= 0.6 is 12.4 Å². The number of hydrogen-bond acceptors (Lipinski definition) is 4. The number of halogens is 1. The average molecular weight is 532 g/mol. The van der Waals surface area contributed by atoms with E-state index in [2.05, 4.69) is 23.7 Å². The molecule has 0 aliphatic carbocycles. The van der Waals surface area contributed by atoms with Gasteiger partial charge in [-0.3, -0.25) is 19.8 Å². The fourth-order valence-corrected chi connectivity index (χ4v) is 5.87. The van der Waals surface area contributed by atoms with Crippen LogP contribution in [0, 0.1) is 5.41 Å². The Hall–Kier alpha value is -3.27. The summed E-state index contributed by atoms with van der Waals surface area (Å²) in [6, 6.07) is 5.34. The summed E-state index contributed by atoms with van der Waals surface area (Å²) < 4.78 is 2.09. The number of amides is 5. The van der Waals surface area contributed by atoms with Crippen LogP contribution in [-0.4, -0.2) is 76.1 Å². The molecule has 11 heteroatoms. The van der Waals surface area contributed by atoms with Crippen LogP contribution in [0.2, 0.25) is 0 Å². The van der Waals surface area contributed by atoms with E-state index in [1.165, 1.54) is 4.90 Å². The van der Waals surface area contributed by atoms with Gasteiger partial charge >= 0.3 is 12.1 Å². The number of nitrogens with one attached hydrogen (secondary N) is 1. The number of benzene rings is 1. The highest BCUT2D eigenvalue weighted by molar-refractivity contribution is 6.11. The van der Waals surface area contributed by atoms with Gasteiger partial charge in [0.05, 0.1) is 11.2 Å². The topological polar surface area (TPSA) is 115 Å². The van der Waals surface area contributed by atoms with Crippen molar-refractivity contribution in [3.8, 4) is 0 Å². The lowest BCUT2D eigenvalue weighted by Gasteiger charge is -2.46. The molecule has 1 aromatic carbocycles. The lowest BCUT2D eigenvalue weighted by molar-refractivity contribution is -0.120. The van der Waals surface area contributed by atoms with Crippen molar-refractivity contribution < 1.29 is 24.3 Å². The highest BCUT2D eigenvalue weighted by Crippen LogP contribution is 2.42. The Morgan fingerprint density at radius 2 is 1.59 bits per heavy atom. The molecule has 3 aliphatic heterocycles. The molecule has 2 aromatic rings. The zero-order chi connectivity index (χ0) is 25.6. The first-order valence-corrected chi connectivity index (χ1v) is 12.7. The molecule has 0 bridgehead atoms. The van der Waals surface area contributed by atoms with Gasteiger partial charge in [-0.15, -0.1) is 12.4 Å². The second kappa shape index (κ2) is 10.2. The number of anilines is 1. The third-order valence-electron chi connectivity index (χ3n) is 8.17. The SMILES string of the molecule is CC(C)n1ccc2c(N3CCC(=O)NC3=O)cc(C(=O)N3CCC4(CCN(C(=O)O)CC4)CC3)cc21.Cl. The van der Waals surface area contributed by atoms with Gasteiger partial charge < -0.3 is 19.5 Å². The minimum absolute atomic E-state index is 0. The van der Waals surface area contributed by atoms with Crippen LogP contribution in [0.1, 0.15) is 62.4 Å². The van der Waals surface area contributed by atoms with Crippen LogP contribution in [0.25, 0.3) is 10.9 Å². The predicted octanol–water partition coefficient (Wildman–Crippen LogP) is 4.09. The summed E-state index contributed by atoms with van der Waals surface area (Å²) in [7, 11) is 0. The Labute approximate surface area is 222 Å². The Morgan fingerprint density at radius 1 is 0.973 bits per heavy atom. The summed E-state index contributed by atoms with van der Waals surface area (Å²) >= 11 is 0. The highest BCUT2D eigenvalue weighted by atomic mass is 35.5. The monoisotopic (exact) mass is 531 g/mol. The molecule has 3 saturated heterocycles. The van der Waals surface area contributed by atoms with E-state index in [1.54, 1.807) is 11.0 Å². The van der Waals surface area contributed by atoms with Crippen molar-refractivity contribution in [2.24, 2.45) is 5.41 Å². The molecule has 5 rings (SSSR count). The maximum absolute atomic E-state index is 13.7. The Balaban J connectivity index is 0.00000320. The van der Waals surface area contributed by atoms with Crippen LogP contribution in [0.4, 0.5) is 15.3 Å². The van der Waals surface area contributed by atoms with E-state index in [0.717, 1.165) is 36.6 Å². The summed E-state index contributed by atoms with van der Waals surface area (Å²) in [6.07, 6.45) is 4.71. The average Bonchev–Trinajstić information content (AvgIpc) is 3.29. The lowest BCUT2D eigenvalue weighted by atomic mass is 9.71. The molecule has 0 radical (unpaired) electrons. The van der Waals surface area contributed by atoms with Gasteiger partial charge in [-0.05, 0) is 63.1 Å². The van der Waals surface area contributed by atoms with Crippen molar-refractivity contribution in [3.05, 3.63) is 30.0 Å². The maximum atomic E-state index is 13.7. The van der Waals surface area contributed by atoms with Crippen LogP contribution in [-0.2, 0) is 4.79 Å². The van der Waals surface area contributed by atoms with E-state index >= 15 is 0 Å². The number of hydrogen-bond donors (Lipinski definition) is 2. The number of likely N-dealkylation sites (tertiary alicyclic amines) is 2.